The number of Topliss-reactive ketones (excluding diaryl/α,β-unsaturated/α-hetero) is 1. The minimum Gasteiger partial charge on any atom is -0.496 e. The maximum absolute atomic E-state index is 13.4. The molecule has 0 spiro atoms. The lowest BCUT2D eigenvalue weighted by atomic mass is 9.76. The summed E-state index contributed by atoms with van der Waals surface area (Å²) in [6.07, 6.45) is 6.91. The average Bonchev–Trinajstić information content (AvgIpc) is 3.00. The zero-order valence-electron chi connectivity index (χ0n) is 20.9. The van der Waals surface area contributed by atoms with Crippen LogP contribution in [0.4, 0.5) is 5.69 Å². The van der Waals surface area contributed by atoms with Crippen molar-refractivity contribution in [2.24, 2.45) is 17.8 Å². The Morgan fingerprint density at radius 1 is 1.03 bits per heavy atom. The molecule has 186 valence electrons. The lowest BCUT2D eigenvalue weighted by Gasteiger charge is -2.30. The van der Waals surface area contributed by atoms with Gasteiger partial charge in [0.05, 0.1) is 12.7 Å². The number of hydrogen-bond donors (Lipinski definition) is 2. The predicted octanol–water partition coefficient (Wildman–Crippen LogP) is 5.98. The van der Waals surface area contributed by atoms with E-state index in [1.165, 1.54) is 0 Å². The molecule has 0 bridgehead atoms. The van der Waals surface area contributed by atoms with E-state index in [0.717, 1.165) is 79.5 Å². The fraction of sp³-hybridized carbons (Fsp3) is 0.483. The number of nitrogens with one attached hydrogen (secondary N) is 1. The molecule has 1 unspecified atom stereocenters. The zero-order chi connectivity index (χ0) is 25.1. The molecule has 1 saturated carbocycles. The first-order valence-electron chi connectivity index (χ1n) is 12.6. The number of ether oxygens (including phenoxy) is 1. The van der Waals surface area contributed by atoms with E-state index in [1.54, 1.807) is 19.2 Å². The first kappa shape index (κ1) is 25.0. The second-order valence-corrected chi connectivity index (χ2v) is 10.2. The van der Waals surface area contributed by atoms with E-state index in [0.29, 0.717) is 11.5 Å². The van der Waals surface area contributed by atoms with Gasteiger partial charge in [0.1, 0.15) is 5.75 Å². The molecule has 2 aromatic carbocycles. The molecule has 1 atom stereocenters. The van der Waals surface area contributed by atoms with Gasteiger partial charge >= 0.3 is 5.97 Å². The van der Waals surface area contributed by atoms with Gasteiger partial charge in [-0.1, -0.05) is 6.07 Å². The molecule has 0 aromatic heterocycles. The second-order valence-electron chi connectivity index (χ2n) is 10.2. The number of aryl methyl sites for hydroxylation is 2. The van der Waals surface area contributed by atoms with Crippen LogP contribution in [0.3, 0.4) is 0 Å². The van der Waals surface area contributed by atoms with Crippen molar-refractivity contribution in [2.75, 3.05) is 12.4 Å². The third kappa shape index (κ3) is 5.58. The molecule has 1 amide bonds. The molecule has 35 heavy (non-hydrogen) atoms. The number of hydrogen-bond acceptors (Lipinski definition) is 4. The third-order valence-corrected chi connectivity index (χ3v) is 7.85. The molecule has 0 aliphatic heterocycles. The van der Waals surface area contributed by atoms with Gasteiger partial charge in [-0.25, -0.2) is 4.79 Å². The lowest BCUT2D eigenvalue weighted by molar-refractivity contribution is -0.121. The van der Waals surface area contributed by atoms with E-state index < -0.39 is 5.97 Å². The summed E-state index contributed by atoms with van der Waals surface area (Å²) in [6.45, 7) is 3.87. The number of carboxylic acids is 1. The Balaban J connectivity index is 1.36. The van der Waals surface area contributed by atoms with Gasteiger partial charge in [-0.3, -0.25) is 9.59 Å². The van der Waals surface area contributed by atoms with Crippen molar-refractivity contribution in [3.63, 3.8) is 0 Å². The fourth-order valence-electron chi connectivity index (χ4n) is 5.80. The fourth-order valence-corrected chi connectivity index (χ4v) is 5.80. The highest BCUT2D eigenvalue weighted by Crippen LogP contribution is 2.37. The Hall–Kier alpha value is -3.15. The number of anilines is 1. The van der Waals surface area contributed by atoms with Crippen molar-refractivity contribution in [1.82, 2.24) is 0 Å². The van der Waals surface area contributed by atoms with E-state index in [-0.39, 0.29) is 29.1 Å². The zero-order valence-corrected chi connectivity index (χ0v) is 20.9. The Kier molecular flexibility index (Phi) is 7.58. The SMILES string of the molecule is COc1cc(NC(=O)C2CCC(CC3CCCc4c(C)cc(C(=O)O)cc4C3=O)CC2)ccc1C. The molecule has 4 rings (SSSR count). The minimum atomic E-state index is -0.995. The Labute approximate surface area is 207 Å². The van der Waals surface area contributed by atoms with Crippen molar-refractivity contribution in [3.8, 4) is 5.75 Å². The standard InChI is InChI=1S/C29H35NO5/c1-17-7-12-23(16-26(17)35-3)30-28(32)20-10-8-19(9-11-20)14-21-5-4-6-24-18(2)13-22(29(33)34)15-25(24)27(21)31/h7,12-13,15-16,19-21H,4-6,8-11,14H2,1-3H3,(H,30,32)(H,33,34). The predicted molar refractivity (Wildman–Crippen MR) is 135 cm³/mol. The summed E-state index contributed by atoms with van der Waals surface area (Å²) in [7, 11) is 1.62. The van der Waals surface area contributed by atoms with Crippen LogP contribution in [-0.2, 0) is 11.2 Å². The highest BCUT2D eigenvalue weighted by atomic mass is 16.5. The summed E-state index contributed by atoms with van der Waals surface area (Å²) in [5.41, 5.74) is 4.47. The van der Waals surface area contributed by atoms with E-state index in [2.05, 4.69) is 5.32 Å². The third-order valence-electron chi connectivity index (χ3n) is 7.85. The topological polar surface area (TPSA) is 92.7 Å². The van der Waals surface area contributed by atoms with Gasteiger partial charge in [0.15, 0.2) is 5.78 Å². The quantitative estimate of drug-likeness (QED) is 0.499. The maximum Gasteiger partial charge on any atom is 0.335 e. The summed E-state index contributed by atoms with van der Waals surface area (Å²) in [6, 6.07) is 8.94. The molecule has 1 fully saturated rings. The van der Waals surface area contributed by atoms with Crippen LogP contribution in [0.1, 0.15) is 82.4 Å². The Bertz CT molecular complexity index is 1130. The van der Waals surface area contributed by atoms with Crippen LogP contribution in [0.15, 0.2) is 30.3 Å². The smallest absolute Gasteiger partial charge is 0.335 e. The highest BCUT2D eigenvalue weighted by Gasteiger charge is 2.32. The molecule has 0 heterocycles. The molecular formula is C29H35NO5. The van der Waals surface area contributed by atoms with E-state index in [4.69, 9.17) is 4.74 Å². The Morgan fingerprint density at radius 3 is 2.46 bits per heavy atom. The number of aromatic carboxylic acids is 1. The van der Waals surface area contributed by atoms with Crippen molar-refractivity contribution >= 4 is 23.3 Å². The number of carboxylic acid groups (broad SMARTS) is 1. The van der Waals surface area contributed by atoms with E-state index >= 15 is 0 Å². The van der Waals surface area contributed by atoms with Crippen LogP contribution in [0.2, 0.25) is 0 Å². The first-order chi connectivity index (χ1) is 16.8. The van der Waals surface area contributed by atoms with Crippen LogP contribution >= 0.6 is 0 Å². The van der Waals surface area contributed by atoms with Crippen molar-refractivity contribution in [3.05, 3.63) is 58.1 Å². The number of carbonyl (C=O) groups is 3. The van der Waals surface area contributed by atoms with E-state index in [1.807, 2.05) is 32.0 Å². The molecular weight excluding hydrogens is 442 g/mol. The molecule has 2 aliphatic carbocycles. The molecule has 2 aliphatic rings. The molecule has 2 aromatic rings. The number of rotatable bonds is 6. The summed E-state index contributed by atoms with van der Waals surface area (Å²) >= 11 is 0. The number of ketones is 1. The van der Waals surface area contributed by atoms with Crippen LogP contribution in [0, 0.1) is 31.6 Å². The second kappa shape index (κ2) is 10.6. The molecule has 2 N–H and O–H groups in total. The summed E-state index contributed by atoms with van der Waals surface area (Å²) < 4.78 is 5.36. The van der Waals surface area contributed by atoms with Gasteiger partial charge < -0.3 is 15.2 Å². The van der Waals surface area contributed by atoms with Crippen molar-refractivity contribution in [2.45, 2.75) is 65.2 Å². The van der Waals surface area contributed by atoms with Crippen LogP contribution < -0.4 is 10.1 Å². The van der Waals surface area contributed by atoms with Gasteiger partial charge in [-0.15, -0.1) is 0 Å². The maximum atomic E-state index is 13.4. The normalized spacial score (nSPS) is 22.1. The number of carbonyl (C=O) groups excluding carboxylic acids is 2. The molecule has 6 heteroatoms. The van der Waals surface area contributed by atoms with Crippen molar-refractivity contribution in [1.29, 1.82) is 0 Å². The van der Waals surface area contributed by atoms with Crippen molar-refractivity contribution < 1.29 is 24.2 Å². The molecule has 6 nitrogen and oxygen atoms in total. The number of amides is 1. The highest BCUT2D eigenvalue weighted by molar-refractivity contribution is 6.02. The number of methoxy groups -OCH3 is 1. The van der Waals surface area contributed by atoms with Gasteiger partial charge in [-0.05, 0) is 106 Å². The Morgan fingerprint density at radius 2 is 1.77 bits per heavy atom. The number of fused-ring (bicyclic) bond motifs is 1. The van der Waals surface area contributed by atoms with Gasteiger partial charge in [-0.2, -0.15) is 0 Å². The molecule has 0 radical (unpaired) electrons. The largest absolute Gasteiger partial charge is 0.496 e. The first-order valence-corrected chi connectivity index (χ1v) is 12.6. The summed E-state index contributed by atoms with van der Waals surface area (Å²) in [4.78, 5) is 37.8. The summed E-state index contributed by atoms with van der Waals surface area (Å²) in [5, 5.41) is 12.5. The van der Waals surface area contributed by atoms with Gasteiger partial charge in [0, 0.05) is 29.2 Å². The lowest BCUT2D eigenvalue weighted by Crippen LogP contribution is -2.28. The van der Waals surface area contributed by atoms with Crippen LogP contribution in [0.5, 0.6) is 5.75 Å². The minimum absolute atomic E-state index is 0.0233. The van der Waals surface area contributed by atoms with Crippen LogP contribution in [0.25, 0.3) is 0 Å². The summed E-state index contributed by atoms with van der Waals surface area (Å²) in [5.74, 6) is 0.220. The van der Waals surface area contributed by atoms with Gasteiger partial charge in [0.2, 0.25) is 5.91 Å². The average molecular weight is 478 g/mol. The monoisotopic (exact) mass is 477 g/mol. The van der Waals surface area contributed by atoms with Crippen LogP contribution in [-0.4, -0.2) is 29.9 Å². The van der Waals surface area contributed by atoms with Gasteiger partial charge in [0.25, 0.3) is 0 Å². The molecule has 0 saturated heterocycles. The number of benzene rings is 2. The van der Waals surface area contributed by atoms with E-state index in [9.17, 15) is 19.5 Å².